The van der Waals surface area contributed by atoms with Crippen LogP contribution in [0.4, 0.5) is 0 Å². The van der Waals surface area contributed by atoms with Gasteiger partial charge in [-0.25, -0.2) is 0 Å². The summed E-state index contributed by atoms with van der Waals surface area (Å²) in [5.74, 6) is -1.16. The van der Waals surface area contributed by atoms with Gasteiger partial charge in [-0.2, -0.15) is 0 Å². The summed E-state index contributed by atoms with van der Waals surface area (Å²) in [6.45, 7) is 1.86. The van der Waals surface area contributed by atoms with Gasteiger partial charge < -0.3 is 10.2 Å². The summed E-state index contributed by atoms with van der Waals surface area (Å²) in [6, 6.07) is 4.01. The standard InChI is InChI=1S/C16H16BN3O3/c17-16(5-3-12(21)19-15(16)23)20-8-10-2-1-9-4-6-18-7-11(9)13(10)14(20)22/h1-2,18H,3-8H2,(H,19,21,23). The number of carbonyl (C=O) groups excluding carboxylic acids is 3. The number of carbonyl (C=O) groups is 3. The molecule has 3 amide bonds. The van der Waals surface area contributed by atoms with Gasteiger partial charge in [0.2, 0.25) is 11.8 Å². The van der Waals surface area contributed by atoms with Crippen LogP contribution in [-0.4, -0.2) is 42.5 Å². The number of hydrogen-bond donors (Lipinski definition) is 2. The van der Waals surface area contributed by atoms with Gasteiger partial charge in [0.1, 0.15) is 7.85 Å². The van der Waals surface area contributed by atoms with Crippen molar-refractivity contribution in [3.05, 3.63) is 34.4 Å². The molecule has 2 radical (unpaired) electrons. The highest BCUT2D eigenvalue weighted by Gasteiger charge is 2.48. The lowest BCUT2D eigenvalue weighted by Crippen LogP contribution is -2.63. The molecule has 1 unspecified atom stereocenters. The van der Waals surface area contributed by atoms with E-state index in [0.29, 0.717) is 18.7 Å². The molecule has 3 aliphatic heterocycles. The predicted molar refractivity (Wildman–Crippen MR) is 82.6 cm³/mol. The Labute approximate surface area is 135 Å². The van der Waals surface area contributed by atoms with Crippen LogP contribution in [0.2, 0.25) is 0 Å². The molecule has 0 bridgehead atoms. The molecule has 0 aromatic heterocycles. The number of rotatable bonds is 1. The number of hydrogen-bond acceptors (Lipinski definition) is 4. The molecule has 0 aliphatic carbocycles. The minimum absolute atomic E-state index is 0.141. The van der Waals surface area contributed by atoms with Crippen molar-refractivity contribution in [1.82, 2.24) is 15.5 Å². The van der Waals surface area contributed by atoms with Crippen LogP contribution in [0.1, 0.15) is 39.9 Å². The number of imide groups is 1. The molecule has 1 saturated heterocycles. The Kier molecular flexibility index (Phi) is 3.09. The van der Waals surface area contributed by atoms with Crippen molar-refractivity contribution < 1.29 is 14.4 Å². The fourth-order valence-electron chi connectivity index (χ4n) is 3.68. The number of amides is 3. The van der Waals surface area contributed by atoms with Crippen molar-refractivity contribution in [3.8, 4) is 0 Å². The summed E-state index contributed by atoms with van der Waals surface area (Å²) in [6.07, 6.45) is 1.18. The molecule has 3 aliphatic rings. The van der Waals surface area contributed by atoms with Crippen molar-refractivity contribution in [2.24, 2.45) is 0 Å². The Morgan fingerprint density at radius 3 is 2.70 bits per heavy atom. The Morgan fingerprint density at radius 2 is 1.91 bits per heavy atom. The quantitative estimate of drug-likeness (QED) is 0.546. The van der Waals surface area contributed by atoms with Gasteiger partial charge in [0.25, 0.3) is 5.91 Å². The highest BCUT2D eigenvalue weighted by molar-refractivity contribution is 6.32. The molecule has 6 nitrogen and oxygen atoms in total. The number of nitrogens with zero attached hydrogens (tertiary/aromatic N) is 1. The summed E-state index contributed by atoms with van der Waals surface area (Å²) < 4.78 is 0. The summed E-state index contributed by atoms with van der Waals surface area (Å²) >= 11 is 0. The van der Waals surface area contributed by atoms with Gasteiger partial charge in [-0.1, -0.05) is 12.1 Å². The third-order valence-corrected chi connectivity index (χ3v) is 5.02. The molecule has 1 aromatic carbocycles. The van der Waals surface area contributed by atoms with E-state index in [4.69, 9.17) is 7.85 Å². The van der Waals surface area contributed by atoms with Crippen LogP contribution in [0.15, 0.2) is 12.1 Å². The second-order valence-corrected chi connectivity index (χ2v) is 6.36. The van der Waals surface area contributed by atoms with Crippen LogP contribution in [0.25, 0.3) is 0 Å². The van der Waals surface area contributed by atoms with E-state index in [1.165, 1.54) is 10.5 Å². The van der Waals surface area contributed by atoms with E-state index in [1.54, 1.807) is 0 Å². The Bertz CT molecular complexity index is 748. The molecule has 4 rings (SSSR count). The maximum Gasteiger partial charge on any atom is 0.255 e. The van der Waals surface area contributed by atoms with E-state index in [0.717, 1.165) is 24.1 Å². The molecule has 1 fully saturated rings. The van der Waals surface area contributed by atoms with Crippen molar-refractivity contribution >= 4 is 25.6 Å². The van der Waals surface area contributed by atoms with Gasteiger partial charge in [0.15, 0.2) is 0 Å². The molecular weight excluding hydrogens is 293 g/mol. The minimum atomic E-state index is -1.46. The molecular formula is C16H16BN3O3. The zero-order valence-corrected chi connectivity index (χ0v) is 12.6. The Balaban J connectivity index is 1.73. The smallest absolute Gasteiger partial charge is 0.255 e. The van der Waals surface area contributed by atoms with Gasteiger partial charge in [-0.05, 0) is 36.1 Å². The van der Waals surface area contributed by atoms with Gasteiger partial charge >= 0.3 is 0 Å². The Morgan fingerprint density at radius 1 is 1.13 bits per heavy atom. The topological polar surface area (TPSA) is 78.5 Å². The first-order valence-corrected chi connectivity index (χ1v) is 7.80. The monoisotopic (exact) mass is 309 g/mol. The molecule has 2 N–H and O–H groups in total. The molecule has 0 saturated carbocycles. The van der Waals surface area contributed by atoms with Crippen LogP contribution in [-0.2, 0) is 29.1 Å². The second kappa shape index (κ2) is 4.93. The number of nitrogens with one attached hydrogen (secondary N) is 2. The highest BCUT2D eigenvalue weighted by atomic mass is 16.2. The fourth-order valence-corrected chi connectivity index (χ4v) is 3.68. The second-order valence-electron chi connectivity index (χ2n) is 6.36. The van der Waals surface area contributed by atoms with Crippen LogP contribution < -0.4 is 10.6 Å². The Hall–Kier alpha value is -2.15. The van der Waals surface area contributed by atoms with Gasteiger partial charge in [-0.3, -0.25) is 19.7 Å². The number of benzene rings is 1. The van der Waals surface area contributed by atoms with Crippen LogP contribution >= 0.6 is 0 Å². The third-order valence-electron chi connectivity index (χ3n) is 5.02. The van der Waals surface area contributed by atoms with Crippen LogP contribution in [0, 0.1) is 0 Å². The number of fused-ring (bicyclic) bond motifs is 3. The van der Waals surface area contributed by atoms with E-state index in [2.05, 4.69) is 16.7 Å². The summed E-state index contributed by atoms with van der Waals surface area (Å²) in [5, 5.41) is 5.53. The van der Waals surface area contributed by atoms with Crippen molar-refractivity contribution in [2.45, 2.75) is 37.8 Å². The average Bonchev–Trinajstić information content (AvgIpc) is 2.89. The lowest BCUT2D eigenvalue weighted by molar-refractivity contribution is -0.138. The van der Waals surface area contributed by atoms with E-state index in [9.17, 15) is 14.4 Å². The molecule has 1 aromatic rings. The maximum absolute atomic E-state index is 13.0. The molecule has 23 heavy (non-hydrogen) atoms. The van der Waals surface area contributed by atoms with Gasteiger partial charge in [0, 0.05) is 25.1 Å². The largest absolute Gasteiger partial charge is 0.328 e. The van der Waals surface area contributed by atoms with E-state index >= 15 is 0 Å². The van der Waals surface area contributed by atoms with E-state index in [-0.39, 0.29) is 24.7 Å². The molecule has 7 heteroatoms. The molecule has 116 valence electrons. The van der Waals surface area contributed by atoms with Crippen molar-refractivity contribution in [2.75, 3.05) is 6.54 Å². The van der Waals surface area contributed by atoms with Crippen molar-refractivity contribution in [3.63, 3.8) is 0 Å². The third kappa shape index (κ3) is 2.03. The highest BCUT2D eigenvalue weighted by Crippen LogP contribution is 2.35. The van der Waals surface area contributed by atoms with Crippen molar-refractivity contribution in [1.29, 1.82) is 0 Å². The zero-order chi connectivity index (χ0) is 16.2. The number of piperidine rings is 1. The van der Waals surface area contributed by atoms with Gasteiger partial charge in [-0.15, -0.1) is 0 Å². The normalized spacial score (nSPS) is 26.8. The first kappa shape index (κ1) is 14.4. The van der Waals surface area contributed by atoms with Gasteiger partial charge in [0.05, 0.1) is 5.44 Å². The lowest BCUT2D eigenvalue weighted by atomic mass is 9.70. The zero-order valence-electron chi connectivity index (χ0n) is 12.6. The predicted octanol–water partition coefficient (Wildman–Crippen LogP) is -0.410. The molecule has 1 atom stereocenters. The summed E-state index contributed by atoms with van der Waals surface area (Å²) in [4.78, 5) is 38.0. The molecule has 3 heterocycles. The average molecular weight is 309 g/mol. The fraction of sp³-hybridized carbons (Fsp3) is 0.438. The summed E-state index contributed by atoms with van der Waals surface area (Å²) in [7, 11) is 6.24. The lowest BCUT2D eigenvalue weighted by Gasteiger charge is -2.40. The van der Waals surface area contributed by atoms with E-state index in [1.807, 2.05) is 6.07 Å². The first-order valence-electron chi connectivity index (χ1n) is 7.80. The maximum atomic E-state index is 13.0. The van der Waals surface area contributed by atoms with Crippen LogP contribution in [0.5, 0.6) is 0 Å². The van der Waals surface area contributed by atoms with E-state index < -0.39 is 11.3 Å². The molecule has 0 spiro atoms. The van der Waals surface area contributed by atoms with Crippen LogP contribution in [0.3, 0.4) is 0 Å². The SMILES string of the molecule is [B]C1(N2Cc3ccc4c(c3C2=O)CNCC4)CCC(=O)NC1=O. The minimum Gasteiger partial charge on any atom is -0.328 e. The first-order chi connectivity index (χ1) is 11.0. The summed E-state index contributed by atoms with van der Waals surface area (Å²) in [5.41, 5.74) is 2.29.